The van der Waals surface area contributed by atoms with Crippen molar-refractivity contribution in [2.75, 3.05) is 23.3 Å². The molecule has 1 aromatic carbocycles. The molecule has 2 bridgehead atoms. The molecule has 3 aliphatic heterocycles. The highest BCUT2D eigenvalue weighted by atomic mass is 35.5. The lowest BCUT2D eigenvalue weighted by Crippen LogP contribution is -2.52. The van der Waals surface area contributed by atoms with Crippen LogP contribution in [0.4, 0.5) is 17.5 Å². The summed E-state index contributed by atoms with van der Waals surface area (Å²) in [7, 11) is 0. The van der Waals surface area contributed by atoms with Gasteiger partial charge in [-0.15, -0.1) is 0 Å². The smallest absolute Gasteiger partial charge is 0.227 e. The number of rotatable bonds is 3. The Morgan fingerprint density at radius 2 is 2.04 bits per heavy atom. The van der Waals surface area contributed by atoms with E-state index >= 15 is 0 Å². The highest BCUT2D eigenvalue weighted by molar-refractivity contribution is 6.32. The zero-order chi connectivity index (χ0) is 17.7. The number of hydrogen-bond acceptors (Lipinski definition) is 6. The van der Waals surface area contributed by atoms with Crippen LogP contribution in [0, 0.1) is 6.92 Å². The quantitative estimate of drug-likeness (QED) is 0.871. The molecule has 6 nitrogen and oxygen atoms in total. The van der Waals surface area contributed by atoms with Crippen LogP contribution in [0.5, 0.6) is 0 Å². The zero-order valence-electron chi connectivity index (χ0n) is 14.7. The van der Waals surface area contributed by atoms with Crippen molar-refractivity contribution in [2.24, 2.45) is 4.99 Å². The number of nitrogens with zero attached hydrogens (tertiary/aromatic N) is 4. The Kier molecular flexibility index (Phi) is 3.83. The molecule has 0 radical (unpaired) electrons. The summed E-state index contributed by atoms with van der Waals surface area (Å²) in [5.74, 6) is 1.43. The molecule has 2 saturated heterocycles. The minimum Gasteiger partial charge on any atom is -0.339 e. The Labute approximate surface area is 157 Å². The van der Waals surface area contributed by atoms with Gasteiger partial charge in [-0.05, 0) is 37.0 Å². The van der Waals surface area contributed by atoms with Crippen molar-refractivity contribution in [3.05, 3.63) is 40.0 Å². The maximum atomic E-state index is 6.40. The standard InChI is InChI=1S/C19H21ClN6/c1-11-15-9-21-6-12(15)2-5-17(11)24-18-16(20)10-23-19(25-18)26-13-3-4-14(26)8-22-7-13/h2,5,9-10,13-14,22H,3-4,6-8H2,1H3,(H,23,24,25). The van der Waals surface area contributed by atoms with Crippen LogP contribution in [0.3, 0.4) is 0 Å². The van der Waals surface area contributed by atoms with Gasteiger partial charge < -0.3 is 15.5 Å². The molecule has 2 unspecified atom stereocenters. The number of aromatic nitrogens is 2. The van der Waals surface area contributed by atoms with E-state index in [0.29, 0.717) is 22.9 Å². The van der Waals surface area contributed by atoms with Crippen LogP contribution < -0.4 is 15.5 Å². The summed E-state index contributed by atoms with van der Waals surface area (Å²) >= 11 is 6.40. The van der Waals surface area contributed by atoms with E-state index in [-0.39, 0.29) is 0 Å². The lowest BCUT2D eigenvalue weighted by Gasteiger charge is -2.35. The second-order valence-electron chi connectivity index (χ2n) is 7.22. The van der Waals surface area contributed by atoms with E-state index in [4.69, 9.17) is 16.6 Å². The Bertz CT molecular complexity index is 880. The first-order valence-electron chi connectivity index (χ1n) is 9.11. The zero-order valence-corrected chi connectivity index (χ0v) is 15.4. The minimum absolute atomic E-state index is 0.473. The fraction of sp³-hybridized carbons (Fsp3) is 0.421. The van der Waals surface area contributed by atoms with Gasteiger partial charge in [-0.3, -0.25) is 4.99 Å². The molecule has 2 aromatic rings. The molecule has 0 amide bonds. The molecule has 2 atom stereocenters. The van der Waals surface area contributed by atoms with E-state index in [9.17, 15) is 0 Å². The number of halogens is 1. The molecule has 7 heteroatoms. The average molecular weight is 369 g/mol. The SMILES string of the molecule is Cc1c(Nc2nc(N3C4CCC3CNC4)ncc2Cl)ccc2c1C=NC2. The van der Waals surface area contributed by atoms with Gasteiger partial charge in [0.05, 0.1) is 12.7 Å². The van der Waals surface area contributed by atoms with E-state index in [1.165, 1.54) is 29.5 Å². The maximum Gasteiger partial charge on any atom is 0.227 e. The molecule has 2 fully saturated rings. The van der Waals surface area contributed by atoms with Crippen molar-refractivity contribution in [1.82, 2.24) is 15.3 Å². The maximum absolute atomic E-state index is 6.40. The number of hydrogen-bond donors (Lipinski definition) is 2. The number of benzene rings is 1. The summed E-state index contributed by atoms with van der Waals surface area (Å²) in [6.07, 6.45) is 6.03. The van der Waals surface area contributed by atoms with Gasteiger partial charge in [0.1, 0.15) is 5.02 Å². The first-order chi connectivity index (χ1) is 12.7. The lowest BCUT2D eigenvalue weighted by atomic mass is 10.0. The normalized spacial score (nSPS) is 23.4. The Balaban J connectivity index is 1.48. The van der Waals surface area contributed by atoms with Gasteiger partial charge in [0.2, 0.25) is 5.95 Å². The number of fused-ring (bicyclic) bond motifs is 3. The first-order valence-corrected chi connectivity index (χ1v) is 9.49. The third-order valence-electron chi connectivity index (χ3n) is 5.68. The summed E-state index contributed by atoms with van der Waals surface area (Å²) in [4.78, 5) is 16.0. The van der Waals surface area contributed by atoms with Crippen LogP contribution in [0.2, 0.25) is 5.02 Å². The van der Waals surface area contributed by atoms with Crippen molar-refractivity contribution in [3.8, 4) is 0 Å². The Morgan fingerprint density at radius 3 is 2.85 bits per heavy atom. The second-order valence-corrected chi connectivity index (χ2v) is 7.63. The minimum atomic E-state index is 0.473. The topological polar surface area (TPSA) is 65.4 Å². The Hall–Kier alpha value is -2.18. The predicted molar refractivity (Wildman–Crippen MR) is 105 cm³/mol. The van der Waals surface area contributed by atoms with E-state index in [0.717, 1.165) is 31.3 Å². The van der Waals surface area contributed by atoms with Crippen LogP contribution in [-0.4, -0.2) is 41.4 Å². The van der Waals surface area contributed by atoms with Crippen LogP contribution >= 0.6 is 11.6 Å². The molecule has 4 heterocycles. The van der Waals surface area contributed by atoms with Crippen molar-refractivity contribution in [1.29, 1.82) is 0 Å². The van der Waals surface area contributed by atoms with E-state index in [1.807, 2.05) is 6.21 Å². The summed E-state index contributed by atoms with van der Waals surface area (Å²) in [5, 5.41) is 7.44. The fourth-order valence-electron chi connectivity index (χ4n) is 4.28. The highest BCUT2D eigenvalue weighted by Crippen LogP contribution is 2.34. The molecule has 0 saturated carbocycles. The summed E-state index contributed by atoms with van der Waals surface area (Å²) < 4.78 is 0. The molecule has 0 spiro atoms. The van der Waals surface area contributed by atoms with Crippen LogP contribution in [0.1, 0.15) is 29.5 Å². The van der Waals surface area contributed by atoms with Gasteiger partial charge in [0, 0.05) is 42.6 Å². The fourth-order valence-corrected chi connectivity index (χ4v) is 4.41. The van der Waals surface area contributed by atoms with Crippen molar-refractivity contribution in [2.45, 2.75) is 38.4 Å². The van der Waals surface area contributed by atoms with Crippen LogP contribution in [0.15, 0.2) is 23.3 Å². The predicted octanol–water partition coefficient (Wildman–Crippen LogP) is 3.06. The third-order valence-corrected chi connectivity index (χ3v) is 5.96. The lowest BCUT2D eigenvalue weighted by molar-refractivity contribution is 0.477. The average Bonchev–Trinajstić information content (AvgIpc) is 3.22. The van der Waals surface area contributed by atoms with Crippen LogP contribution in [-0.2, 0) is 6.54 Å². The molecule has 134 valence electrons. The van der Waals surface area contributed by atoms with Gasteiger partial charge in [-0.25, -0.2) is 4.98 Å². The number of piperazine rings is 1. The molecule has 5 rings (SSSR count). The van der Waals surface area contributed by atoms with Crippen molar-refractivity contribution < 1.29 is 0 Å². The van der Waals surface area contributed by atoms with Gasteiger partial charge in [-0.2, -0.15) is 4.98 Å². The van der Waals surface area contributed by atoms with Crippen LogP contribution in [0.25, 0.3) is 0 Å². The van der Waals surface area contributed by atoms with E-state index in [2.05, 4.69) is 44.6 Å². The van der Waals surface area contributed by atoms with Gasteiger partial charge in [-0.1, -0.05) is 17.7 Å². The Morgan fingerprint density at radius 1 is 1.23 bits per heavy atom. The molecule has 0 aliphatic carbocycles. The van der Waals surface area contributed by atoms with E-state index < -0.39 is 0 Å². The monoisotopic (exact) mass is 368 g/mol. The largest absolute Gasteiger partial charge is 0.339 e. The summed E-state index contributed by atoms with van der Waals surface area (Å²) in [6, 6.07) is 5.14. The third kappa shape index (κ3) is 2.56. The first kappa shape index (κ1) is 16.0. The number of aliphatic imine (C=N–C) groups is 1. The molecule has 3 aliphatic rings. The number of nitrogens with one attached hydrogen (secondary N) is 2. The molecule has 1 aromatic heterocycles. The summed E-state index contributed by atoms with van der Waals surface area (Å²) in [6.45, 7) is 4.86. The molecular weight excluding hydrogens is 348 g/mol. The van der Waals surface area contributed by atoms with Crippen molar-refractivity contribution in [3.63, 3.8) is 0 Å². The second kappa shape index (κ2) is 6.21. The number of anilines is 3. The summed E-state index contributed by atoms with van der Waals surface area (Å²) in [5.41, 5.74) is 4.63. The van der Waals surface area contributed by atoms with E-state index in [1.54, 1.807) is 6.20 Å². The van der Waals surface area contributed by atoms with Gasteiger partial charge >= 0.3 is 0 Å². The molecule has 26 heavy (non-hydrogen) atoms. The molecular formula is C19H21ClN6. The van der Waals surface area contributed by atoms with Gasteiger partial charge in [0.25, 0.3) is 0 Å². The highest BCUT2D eigenvalue weighted by Gasteiger charge is 2.38. The van der Waals surface area contributed by atoms with Gasteiger partial charge in [0.15, 0.2) is 5.82 Å². The van der Waals surface area contributed by atoms with Crippen molar-refractivity contribution >= 4 is 35.3 Å². The molecule has 2 N–H and O–H groups in total.